The number of para-hydroxylation sites is 1. The number of fused-ring (bicyclic) bond motifs is 6. The average molecular weight is 553 g/mol. The van der Waals surface area contributed by atoms with Gasteiger partial charge in [-0.2, -0.15) is 10.5 Å². The van der Waals surface area contributed by atoms with Crippen LogP contribution < -0.4 is 0 Å². The zero-order valence-electron chi connectivity index (χ0n) is 22.3. The van der Waals surface area contributed by atoms with Crippen LogP contribution in [0.25, 0.3) is 75.5 Å². The minimum absolute atomic E-state index is 0.554. The van der Waals surface area contributed by atoms with Gasteiger partial charge in [-0.1, -0.05) is 66.7 Å². The van der Waals surface area contributed by atoms with E-state index in [1.54, 1.807) is 17.4 Å². The van der Waals surface area contributed by atoms with Crippen molar-refractivity contribution in [2.45, 2.75) is 0 Å². The molecular weight excluding hydrogens is 532 g/mol. The van der Waals surface area contributed by atoms with Gasteiger partial charge in [0.05, 0.1) is 17.2 Å². The molecule has 194 valence electrons. The van der Waals surface area contributed by atoms with E-state index in [9.17, 15) is 10.5 Å². The molecule has 0 fully saturated rings. The molecule has 0 amide bonds. The van der Waals surface area contributed by atoms with Gasteiger partial charge in [-0.15, -0.1) is 11.3 Å². The maximum atomic E-state index is 10.5. The van der Waals surface area contributed by atoms with Gasteiger partial charge in [0.2, 0.25) is 0 Å². The lowest BCUT2D eigenvalue weighted by atomic mass is 9.87. The number of hydrogen-bond donors (Lipinski definition) is 0. The van der Waals surface area contributed by atoms with E-state index in [-0.39, 0.29) is 0 Å². The molecule has 2 heterocycles. The first-order chi connectivity index (χ1) is 20.7. The van der Waals surface area contributed by atoms with E-state index in [4.69, 9.17) is 4.42 Å². The molecule has 0 saturated heterocycles. The molecule has 0 unspecified atom stereocenters. The fraction of sp³-hybridized carbons (Fsp3) is 0. The SMILES string of the molecule is N#Cc1cccc(-c2cc(-c3ccc4c(c3)oc3ccccc34)cc(-c3ccc4c(c3)sc3ccccc34)c2C#N)c1. The molecule has 0 aliphatic rings. The Bertz CT molecular complexity index is 2450. The van der Waals surface area contributed by atoms with Gasteiger partial charge in [0.25, 0.3) is 0 Å². The number of nitrogens with zero attached hydrogens (tertiary/aromatic N) is 2. The standard InChI is InChI=1S/C38H20N2OS/c39-21-23-6-5-7-25(16-23)32-17-27(24-12-14-29-28-8-1-3-10-35(28)41-36(29)19-24)18-33(34(32)22-40)26-13-15-31-30-9-2-4-11-37(30)42-38(31)20-26/h1-20H. The molecule has 6 aromatic carbocycles. The molecule has 8 aromatic rings. The van der Waals surface area contributed by atoms with E-state index in [2.05, 4.69) is 91.0 Å². The molecule has 0 radical (unpaired) electrons. The second-order valence-corrected chi connectivity index (χ2v) is 11.5. The van der Waals surface area contributed by atoms with Crippen LogP contribution in [0.3, 0.4) is 0 Å². The zero-order valence-corrected chi connectivity index (χ0v) is 23.1. The minimum atomic E-state index is 0.554. The van der Waals surface area contributed by atoms with E-state index in [0.29, 0.717) is 11.1 Å². The van der Waals surface area contributed by atoms with E-state index in [1.807, 2.05) is 36.4 Å². The predicted molar refractivity (Wildman–Crippen MR) is 172 cm³/mol. The van der Waals surface area contributed by atoms with E-state index in [1.165, 1.54) is 20.2 Å². The van der Waals surface area contributed by atoms with Crippen LogP contribution in [0, 0.1) is 22.7 Å². The molecule has 0 spiro atoms. The van der Waals surface area contributed by atoms with Crippen molar-refractivity contribution in [1.82, 2.24) is 0 Å². The predicted octanol–water partition coefficient (Wildman–Crippen LogP) is 10.7. The second-order valence-electron chi connectivity index (χ2n) is 10.4. The lowest BCUT2D eigenvalue weighted by Crippen LogP contribution is -1.93. The van der Waals surface area contributed by atoms with Crippen molar-refractivity contribution in [1.29, 1.82) is 10.5 Å². The largest absolute Gasteiger partial charge is 0.456 e. The molecule has 0 atom stereocenters. The molecule has 0 aliphatic heterocycles. The number of thiophene rings is 1. The van der Waals surface area contributed by atoms with Crippen molar-refractivity contribution in [2.75, 3.05) is 0 Å². The Balaban J connectivity index is 1.39. The summed E-state index contributed by atoms with van der Waals surface area (Å²) in [4.78, 5) is 0. The van der Waals surface area contributed by atoms with Crippen LogP contribution in [-0.2, 0) is 0 Å². The van der Waals surface area contributed by atoms with Crippen molar-refractivity contribution >= 4 is 53.4 Å². The van der Waals surface area contributed by atoms with Crippen molar-refractivity contribution < 1.29 is 4.42 Å². The van der Waals surface area contributed by atoms with Crippen molar-refractivity contribution in [3.05, 3.63) is 132 Å². The summed E-state index contributed by atoms with van der Waals surface area (Å²) in [7, 11) is 0. The van der Waals surface area contributed by atoms with Gasteiger partial charge in [-0.25, -0.2) is 0 Å². The summed E-state index contributed by atoms with van der Waals surface area (Å²) in [6.07, 6.45) is 0. The molecule has 0 saturated carbocycles. The van der Waals surface area contributed by atoms with E-state index >= 15 is 0 Å². The third kappa shape index (κ3) is 3.79. The molecule has 0 N–H and O–H groups in total. The van der Waals surface area contributed by atoms with Crippen LogP contribution in [0.5, 0.6) is 0 Å². The molecule has 8 rings (SSSR count). The molecule has 0 bridgehead atoms. The first kappa shape index (κ1) is 24.1. The highest BCUT2D eigenvalue weighted by Crippen LogP contribution is 2.41. The Labute approximate surface area is 245 Å². The maximum Gasteiger partial charge on any atom is 0.136 e. The lowest BCUT2D eigenvalue weighted by molar-refractivity contribution is 0.669. The summed E-state index contributed by atoms with van der Waals surface area (Å²) in [6.45, 7) is 0. The summed E-state index contributed by atoms with van der Waals surface area (Å²) in [6, 6.07) is 45.6. The number of furan rings is 1. The van der Waals surface area contributed by atoms with Gasteiger partial charge < -0.3 is 4.42 Å². The Morgan fingerprint density at radius 2 is 1.17 bits per heavy atom. The summed E-state index contributed by atoms with van der Waals surface area (Å²) in [5.41, 5.74) is 8.25. The van der Waals surface area contributed by atoms with Crippen LogP contribution >= 0.6 is 11.3 Å². The molecule has 0 aliphatic carbocycles. The molecule has 2 aromatic heterocycles. The van der Waals surface area contributed by atoms with Crippen molar-refractivity contribution in [3.63, 3.8) is 0 Å². The minimum Gasteiger partial charge on any atom is -0.456 e. The normalized spacial score (nSPS) is 11.3. The van der Waals surface area contributed by atoms with Gasteiger partial charge >= 0.3 is 0 Å². The lowest BCUT2D eigenvalue weighted by Gasteiger charge is -2.15. The first-order valence-electron chi connectivity index (χ1n) is 13.6. The molecule has 42 heavy (non-hydrogen) atoms. The average Bonchev–Trinajstić information content (AvgIpc) is 3.61. The summed E-state index contributed by atoms with van der Waals surface area (Å²) < 4.78 is 8.63. The summed E-state index contributed by atoms with van der Waals surface area (Å²) in [5.74, 6) is 0. The molecular formula is C38H20N2OS. The Morgan fingerprint density at radius 1 is 0.476 bits per heavy atom. The topological polar surface area (TPSA) is 60.7 Å². The maximum absolute atomic E-state index is 10.5. The highest BCUT2D eigenvalue weighted by molar-refractivity contribution is 7.25. The highest BCUT2D eigenvalue weighted by Gasteiger charge is 2.18. The van der Waals surface area contributed by atoms with Crippen LogP contribution in [0.4, 0.5) is 0 Å². The fourth-order valence-corrected chi connectivity index (χ4v) is 7.09. The zero-order chi connectivity index (χ0) is 28.2. The van der Waals surface area contributed by atoms with Crippen LogP contribution in [-0.4, -0.2) is 0 Å². The quantitative estimate of drug-likeness (QED) is 0.219. The van der Waals surface area contributed by atoms with Gasteiger partial charge in [0, 0.05) is 42.1 Å². The number of nitriles is 2. The smallest absolute Gasteiger partial charge is 0.136 e. The summed E-state index contributed by atoms with van der Waals surface area (Å²) >= 11 is 1.76. The number of rotatable bonds is 3. The van der Waals surface area contributed by atoms with E-state index in [0.717, 1.165) is 55.3 Å². The highest BCUT2D eigenvalue weighted by atomic mass is 32.1. The molecule has 3 nitrogen and oxygen atoms in total. The Kier molecular flexibility index (Phi) is 5.44. The van der Waals surface area contributed by atoms with Crippen LogP contribution in [0.15, 0.2) is 126 Å². The third-order valence-corrected chi connectivity index (χ3v) is 9.09. The van der Waals surface area contributed by atoms with Crippen molar-refractivity contribution in [3.8, 4) is 45.5 Å². The van der Waals surface area contributed by atoms with Gasteiger partial charge in [0.1, 0.15) is 17.2 Å². The molecule has 4 heteroatoms. The van der Waals surface area contributed by atoms with Gasteiger partial charge in [-0.05, 0) is 76.9 Å². The Morgan fingerprint density at radius 3 is 2.00 bits per heavy atom. The summed E-state index contributed by atoms with van der Waals surface area (Å²) in [5, 5.41) is 24.7. The second kappa shape index (κ2) is 9.46. The van der Waals surface area contributed by atoms with Crippen LogP contribution in [0.2, 0.25) is 0 Å². The van der Waals surface area contributed by atoms with Crippen molar-refractivity contribution in [2.24, 2.45) is 0 Å². The van der Waals surface area contributed by atoms with Gasteiger partial charge in [-0.3, -0.25) is 0 Å². The van der Waals surface area contributed by atoms with E-state index < -0.39 is 0 Å². The fourth-order valence-electron chi connectivity index (χ4n) is 5.94. The monoisotopic (exact) mass is 552 g/mol. The van der Waals surface area contributed by atoms with Crippen LogP contribution in [0.1, 0.15) is 11.1 Å². The number of hydrogen-bond acceptors (Lipinski definition) is 4. The first-order valence-corrected chi connectivity index (χ1v) is 14.4. The number of benzene rings is 6. The van der Waals surface area contributed by atoms with Gasteiger partial charge in [0.15, 0.2) is 0 Å². The Hall–Kier alpha value is -5.68. The third-order valence-electron chi connectivity index (χ3n) is 7.95.